The van der Waals surface area contributed by atoms with Crippen LogP contribution < -0.4 is 5.32 Å². The Morgan fingerprint density at radius 3 is 2.41 bits per heavy atom. The molecule has 0 heterocycles. The summed E-state index contributed by atoms with van der Waals surface area (Å²) >= 11 is 0. The Balaban J connectivity index is 4.14. The van der Waals surface area contributed by atoms with Gasteiger partial charge in [0.25, 0.3) is 0 Å². The van der Waals surface area contributed by atoms with Gasteiger partial charge in [-0.1, -0.05) is 6.92 Å². The third-order valence-electron chi connectivity index (χ3n) is 2.11. The number of methoxy groups -OCH3 is 1. The molecule has 0 fully saturated rings. The summed E-state index contributed by atoms with van der Waals surface area (Å²) in [6.45, 7) is 4.07. The van der Waals surface area contributed by atoms with E-state index in [1.54, 1.807) is 0 Å². The fraction of sp³-hybridized carbons (Fsp3) is 0.727. The molecule has 6 heteroatoms. The van der Waals surface area contributed by atoms with Gasteiger partial charge < -0.3 is 15.0 Å². The largest absolute Gasteiger partial charge is 0.468 e. The minimum atomic E-state index is -0.439. The van der Waals surface area contributed by atoms with Crippen LogP contribution in [-0.4, -0.2) is 49.4 Å². The van der Waals surface area contributed by atoms with E-state index in [1.165, 1.54) is 18.9 Å². The van der Waals surface area contributed by atoms with E-state index in [0.29, 0.717) is 6.54 Å². The second-order valence-electron chi connectivity index (χ2n) is 3.62. The number of carbonyl (C=O) groups excluding carboxylic acids is 3. The van der Waals surface area contributed by atoms with Crippen molar-refractivity contribution in [1.82, 2.24) is 10.2 Å². The van der Waals surface area contributed by atoms with Crippen LogP contribution in [0.4, 0.5) is 0 Å². The van der Waals surface area contributed by atoms with Gasteiger partial charge in [-0.25, -0.2) is 0 Å². The molecule has 6 nitrogen and oxygen atoms in total. The molecule has 98 valence electrons. The lowest BCUT2D eigenvalue weighted by atomic mass is 10.3. The molecular weight excluding hydrogens is 224 g/mol. The molecule has 0 saturated carbocycles. The van der Waals surface area contributed by atoms with Crippen molar-refractivity contribution in [2.75, 3.05) is 26.7 Å². The lowest BCUT2D eigenvalue weighted by Crippen LogP contribution is -2.38. The van der Waals surface area contributed by atoms with Crippen molar-refractivity contribution >= 4 is 17.8 Å². The van der Waals surface area contributed by atoms with Gasteiger partial charge in [0.1, 0.15) is 6.54 Å². The number of hydrogen-bond donors (Lipinski definition) is 1. The molecule has 1 N–H and O–H groups in total. The van der Waals surface area contributed by atoms with E-state index in [9.17, 15) is 14.4 Å². The van der Waals surface area contributed by atoms with Gasteiger partial charge in [0.05, 0.1) is 7.11 Å². The summed E-state index contributed by atoms with van der Waals surface area (Å²) in [5.74, 6) is -0.773. The van der Waals surface area contributed by atoms with E-state index in [1.807, 2.05) is 6.92 Å². The van der Waals surface area contributed by atoms with Gasteiger partial charge in [0.2, 0.25) is 11.8 Å². The van der Waals surface area contributed by atoms with Crippen LogP contribution in [0.3, 0.4) is 0 Å². The average molecular weight is 244 g/mol. The van der Waals surface area contributed by atoms with Gasteiger partial charge in [-0.15, -0.1) is 0 Å². The lowest BCUT2D eigenvalue weighted by Gasteiger charge is -2.20. The van der Waals surface area contributed by atoms with Crippen LogP contribution in [0.2, 0.25) is 0 Å². The van der Waals surface area contributed by atoms with Crippen molar-refractivity contribution in [3.05, 3.63) is 0 Å². The third kappa shape index (κ3) is 7.32. The summed E-state index contributed by atoms with van der Waals surface area (Å²) in [5, 5.41) is 2.54. The first-order valence-corrected chi connectivity index (χ1v) is 5.60. The fourth-order valence-electron chi connectivity index (χ4n) is 1.29. The summed E-state index contributed by atoms with van der Waals surface area (Å²) in [6.07, 6.45) is 0.958. The molecule has 0 bridgehead atoms. The molecular formula is C11H20N2O4. The van der Waals surface area contributed by atoms with Crippen molar-refractivity contribution in [3.8, 4) is 0 Å². The van der Waals surface area contributed by atoms with E-state index >= 15 is 0 Å². The van der Waals surface area contributed by atoms with Crippen molar-refractivity contribution in [3.63, 3.8) is 0 Å². The van der Waals surface area contributed by atoms with Crippen LogP contribution >= 0.6 is 0 Å². The number of hydrogen-bond acceptors (Lipinski definition) is 4. The molecule has 0 radical (unpaired) electrons. The number of nitrogens with one attached hydrogen (secondary N) is 1. The smallest absolute Gasteiger partial charge is 0.325 e. The maximum atomic E-state index is 11.7. The number of esters is 1. The van der Waals surface area contributed by atoms with Gasteiger partial charge in [0, 0.05) is 26.4 Å². The summed E-state index contributed by atoms with van der Waals surface area (Å²) in [4.78, 5) is 34.9. The molecule has 0 aromatic heterocycles. The predicted molar refractivity (Wildman–Crippen MR) is 62.2 cm³/mol. The molecule has 17 heavy (non-hydrogen) atoms. The zero-order chi connectivity index (χ0) is 13.3. The van der Waals surface area contributed by atoms with E-state index in [0.717, 1.165) is 6.42 Å². The standard InChI is InChI=1S/C11H20N2O4/c1-4-7-13(8-11(16)17-3)10(15)5-6-12-9(2)14/h4-8H2,1-3H3,(H,12,14). The first kappa shape index (κ1) is 15.4. The molecule has 2 amide bonds. The Kier molecular flexibility index (Phi) is 7.75. The second-order valence-corrected chi connectivity index (χ2v) is 3.62. The highest BCUT2D eigenvalue weighted by Gasteiger charge is 2.16. The highest BCUT2D eigenvalue weighted by Crippen LogP contribution is 1.97. The molecule has 0 spiro atoms. The first-order valence-electron chi connectivity index (χ1n) is 5.60. The van der Waals surface area contributed by atoms with Crippen LogP contribution in [0.5, 0.6) is 0 Å². The Morgan fingerprint density at radius 2 is 1.94 bits per heavy atom. The summed E-state index contributed by atoms with van der Waals surface area (Å²) in [7, 11) is 1.29. The summed E-state index contributed by atoms with van der Waals surface area (Å²) in [5.41, 5.74) is 0. The molecule has 0 saturated heterocycles. The monoisotopic (exact) mass is 244 g/mol. The molecule has 0 unspecified atom stereocenters. The zero-order valence-electron chi connectivity index (χ0n) is 10.6. The van der Waals surface area contributed by atoms with Gasteiger partial charge in [-0.05, 0) is 6.42 Å². The van der Waals surface area contributed by atoms with Gasteiger partial charge in [-0.2, -0.15) is 0 Å². The molecule has 0 atom stereocenters. The Hall–Kier alpha value is -1.59. The maximum absolute atomic E-state index is 11.7. The second kappa shape index (κ2) is 8.55. The van der Waals surface area contributed by atoms with Crippen LogP contribution in [-0.2, 0) is 19.1 Å². The number of rotatable bonds is 7. The van der Waals surface area contributed by atoms with Crippen LogP contribution in [0, 0.1) is 0 Å². The molecule has 0 aliphatic rings. The summed E-state index contributed by atoms with van der Waals surface area (Å²) < 4.78 is 4.52. The molecule has 0 aliphatic heterocycles. The Morgan fingerprint density at radius 1 is 1.29 bits per heavy atom. The van der Waals surface area contributed by atoms with Crippen LogP contribution in [0.15, 0.2) is 0 Å². The Labute approximate surface area is 101 Å². The third-order valence-corrected chi connectivity index (χ3v) is 2.11. The van der Waals surface area contributed by atoms with E-state index in [-0.39, 0.29) is 31.3 Å². The SMILES string of the molecule is CCCN(CC(=O)OC)C(=O)CCNC(C)=O. The highest BCUT2D eigenvalue weighted by molar-refractivity contribution is 5.82. The minimum absolute atomic E-state index is 0.0384. The van der Waals surface area contributed by atoms with Crippen molar-refractivity contribution in [2.45, 2.75) is 26.7 Å². The number of nitrogens with zero attached hydrogens (tertiary/aromatic N) is 1. The minimum Gasteiger partial charge on any atom is -0.468 e. The highest BCUT2D eigenvalue weighted by atomic mass is 16.5. The number of carbonyl (C=O) groups is 3. The summed E-state index contributed by atoms with van der Waals surface area (Å²) in [6, 6.07) is 0. The van der Waals surface area contributed by atoms with E-state index < -0.39 is 5.97 Å². The van der Waals surface area contributed by atoms with Gasteiger partial charge in [0.15, 0.2) is 0 Å². The molecule has 0 aromatic carbocycles. The average Bonchev–Trinajstić information content (AvgIpc) is 2.27. The van der Waals surface area contributed by atoms with E-state index in [2.05, 4.69) is 10.1 Å². The van der Waals surface area contributed by atoms with Gasteiger partial charge >= 0.3 is 5.97 Å². The first-order chi connectivity index (χ1) is 8.01. The van der Waals surface area contributed by atoms with Crippen molar-refractivity contribution < 1.29 is 19.1 Å². The molecule has 0 aliphatic carbocycles. The van der Waals surface area contributed by atoms with E-state index in [4.69, 9.17) is 0 Å². The van der Waals surface area contributed by atoms with Gasteiger partial charge in [-0.3, -0.25) is 14.4 Å². The van der Waals surface area contributed by atoms with Crippen LogP contribution in [0.1, 0.15) is 26.7 Å². The predicted octanol–water partition coefficient (Wildman–Crippen LogP) is -0.0758. The molecule has 0 aromatic rings. The Bertz CT molecular complexity index is 279. The van der Waals surface area contributed by atoms with Crippen molar-refractivity contribution in [1.29, 1.82) is 0 Å². The van der Waals surface area contributed by atoms with Crippen molar-refractivity contribution in [2.24, 2.45) is 0 Å². The lowest BCUT2D eigenvalue weighted by molar-refractivity contribution is -0.147. The zero-order valence-corrected chi connectivity index (χ0v) is 10.6. The normalized spacial score (nSPS) is 9.59. The maximum Gasteiger partial charge on any atom is 0.325 e. The van der Waals surface area contributed by atoms with Crippen LogP contribution in [0.25, 0.3) is 0 Å². The molecule has 0 rings (SSSR count). The number of ether oxygens (including phenoxy) is 1. The fourth-order valence-corrected chi connectivity index (χ4v) is 1.29. The number of amides is 2. The quantitative estimate of drug-likeness (QED) is 0.636. The topological polar surface area (TPSA) is 75.7 Å².